The Hall–Kier alpha value is -1.03. The van der Waals surface area contributed by atoms with Gasteiger partial charge in [-0.1, -0.05) is 6.58 Å². The van der Waals surface area contributed by atoms with E-state index in [1.54, 1.807) is 6.92 Å². The summed E-state index contributed by atoms with van der Waals surface area (Å²) in [6, 6.07) is 0. The molecule has 0 bridgehead atoms. The van der Waals surface area contributed by atoms with Gasteiger partial charge in [0.1, 0.15) is 6.10 Å². The summed E-state index contributed by atoms with van der Waals surface area (Å²) in [5.74, 6) is 1.13. The number of carbonyl (C=O) groups excluding carboxylic acids is 1. The van der Waals surface area contributed by atoms with Gasteiger partial charge in [0.25, 0.3) is 6.47 Å². The SMILES string of the molecule is C=C(C)OCOCC1CCC(OC=O)C1. The molecular formula is C11H18O4. The van der Waals surface area contributed by atoms with Gasteiger partial charge < -0.3 is 14.2 Å². The lowest BCUT2D eigenvalue weighted by atomic mass is 10.1. The van der Waals surface area contributed by atoms with E-state index in [1.165, 1.54) is 0 Å². The molecule has 0 amide bonds. The summed E-state index contributed by atoms with van der Waals surface area (Å²) in [5.41, 5.74) is 0. The van der Waals surface area contributed by atoms with Crippen molar-refractivity contribution < 1.29 is 19.0 Å². The van der Waals surface area contributed by atoms with Crippen LogP contribution in [0.3, 0.4) is 0 Å². The average molecular weight is 214 g/mol. The lowest BCUT2D eigenvalue weighted by Crippen LogP contribution is -2.11. The van der Waals surface area contributed by atoms with Crippen LogP contribution in [-0.4, -0.2) is 26.0 Å². The topological polar surface area (TPSA) is 44.8 Å². The molecule has 2 unspecified atom stereocenters. The predicted octanol–water partition coefficient (Wildman–Crippen LogP) is 1.85. The first kappa shape index (κ1) is 12.0. The molecular weight excluding hydrogens is 196 g/mol. The van der Waals surface area contributed by atoms with Gasteiger partial charge in [-0.2, -0.15) is 0 Å². The maximum atomic E-state index is 10.1. The normalized spacial score (nSPS) is 24.9. The lowest BCUT2D eigenvalue weighted by molar-refractivity contribution is -0.133. The van der Waals surface area contributed by atoms with Crippen molar-refractivity contribution in [3.05, 3.63) is 12.3 Å². The van der Waals surface area contributed by atoms with Crippen LogP contribution in [0.1, 0.15) is 26.2 Å². The third kappa shape index (κ3) is 4.83. The van der Waals surface area contributed by atoms with Gasteiger partial charge in [0.15, 0.2) is 6.79 Å². The maximum absolute atomic E-state index is 10.1. The van der Waals surface area contributed by atoms with E-state index in [4.69, 9.17) is 14.2 Å². The van der Waals surface area contributed by atoms with Gasteiger partial charge in [-0.25, -0.2) is 0 Å². The molecule has 1 aliphatic carbocycles. The first-order valence-corrected chi connectivity index (χ1v) is 5.17. The predicted molar refractivity (Wildman–Crippen MR) is 55.0 cm³/mol. The summed E-state index contributed by atoms with van der Waals surface area (Å²) in [6.07, 6.45) is 2.96. The van der Waals surface area contributed by atoms with Crippen LogP contribution >= 0.6 is 0 Å². The maximum Gasteiger partial charge on any atom is 0.293 e. The smallest absolute Gasteiger partial charge is 0.293 e. The van der Waals surface area contributed by atoms with E-state index in [2.05, 4.69) is 6.58 Å². The highest BCUT2D eigenvalue weighted by atomic mass is 16.7. The third-order valence-electron chi connectivity index (χ3n) is 2.48. The minimum absolute atomic E-state index is 0.0816. The van der Waals surface area contributed by atoms with E-state index >= 15 is 0 Å². The first-order valence-electron chi connectivity index (χ1n) is 5.17. The third-order valence-corrected chi connectivity index (χ3v) is 2.48. The Morgan fingerprint density at radius 2 is 2.33 bits per heavy atom. The first-order chi connectivity index (χ1) is 7.22. The number of ether oxygens (including phenoxy) is 3. The fraction of sp³-hybridized carbons (Fsp3) is 0.727. The zero-order chi connectivity index (χ0) is 11.1. The molecule has 15 heavy (non-hydrogen) atoms. The second-order valence-corrected chi connectivity index (χ2v) is 3.87. The van der Waals surface area contributed by atoms with E-state index in [9.17, 15) is 4.79 Å². The van der Waals surface area contributed by atoms with Crippen molar-refractivity contribution in [1.29, 1.82) is 0 Å². The van der Waals surface area contributed by atoms with Gasteiger partial charge in [-0.15, -0.1) is 0 Å². The van der Waals surface area contributed by atoms with Crippen molar-refractivity contribution in [3.8, 4) is 0 Å². The highest BCUT2D eigenvalue weighted by Gasteiger charge is 2.25. The van der Waals surface area contributed by atoms with Crippen LogP contribution in [0.5, 0.6) is 0 Å². The average Bonchev–Trinajstić information content (AvgIpc) is 2.61. The lowest BCUT2D eigenvalue weighted by Gasteiger charge is -2.11. The van der Waals surface area contributed by atoms with Crippen LogP contribution in [0.15, 0.2) is 12.3 Å². The molecule has 2 atom stereocenters. The summed E-state index contributed by atoms with van der Waals surface area (Å²) in [5, 5.41) is 0. The van der Waals surface area contributed by atoms with Gasteiger partial charge in [-0.3, -0.25) is 4.79 Å². The second kappa shape index (κ2) is 6.45. The molecule has 0 aromatic carbocycles. The molecule has 1 saturated carbocycles. The molecule has 0 aromatic heterocycles. The molecule has 0 N–H and O–H groups in total. The molecule has 0 spiro atoms. The summed E-state index contributed by atoms with van der Waals surface area (Å²) < 4.78 is 15.3. The minimum Gasteiger partial charge on any atom is -0.473 e. The van der Waals surface area contributed by atoms with E-state index in [0.29, 0.717) is 24.8 Å². The van der Waals surface area contributed by atoms with Gasteiger partial charge >= 0.3 is 0 Å². The summed E-state index contributed by atoms with van der Waals surface area (Å²) in [7, 11) is 0. The van der Waals surface area contributed by atoms with Crippen molar-refractivity contribution in [2.75, 3.05) is 13.4 Å². The Kier molecular flexibility index (Phi) is 5.18. The number of rotatable bonds is 7. The summed E-state index contributed by atoms with van der Waals surface area (Å²) >= 11 is 0. The Morgan fingerprint density at radius 3 is 3.00 bits per heavy atom. The van der Waals surface area contributed by atoms with Gasteiger partial charge in [0.2, 0.25) is 0 Å². The molecule has 1 rings (SSSR count). The van der Waals surface area contributed by atoms with Crippen molar-refractivity contribution >= 4 is 6.47 Å². The Bertz CT molecular complexity index is 215. The van der Waals surface area contributed by atoms with Crippen molar-refractivity contribution in [3.63, 3.8) is 0 Å². The van der Waals surface area contributed by atoms with Crippen molar-refractivity contribution in [2.24, 2.45) is 5.92 Å². The molecule has 4 heteroatoms. The fourth-order valence-corrected chi connectivity index (χ4v) is 1.74. The van der Waals surface area contributed by atoms with Crippen LogP contribution in [0.4, 0.5) is 0 Å². The van der Waals surface area contributed by atoms with Gasteiger partial charge in [0, 0.05) is 0 Å². The van der Waals surface area contributed by atoms with Crippen molar-refractivity contribution in [2.45, 2.75) is 32.3 Å². The molecule has 0 saturated heterocycles. The molecule has 86 valence electrons. The fourth-order valence-electron chi connectivity index (χ4n) is 1.74. The van der Waals surface area contributed by atoms with Gasteiger partial charge in [-0.05, 0) is 32.1 Å². The van der Waals surface area contributed by atoms with E-state index in [-0.39, 0.29) is 12.9 Å². The van der Waals surface area contributed by atoms with E-state index < -0.39 is 0 Å². The van der Waals surface area contributed by atoms with Crippen LogP contribution in [-0.2, 0) is 19.0 Å². The number of hydrogen-bond acceptors (Lipinski definition) is 4. The summed E-state index contributed by atoms with van der Waals surface area (Å²) in [6.45, 7) is 6.82. The van der Waals surface area contributed by atoms with E-state index in [1.807, 2.05) is 0 Å². The molecule has 0 heterocycles. The molecule has 1 aliphatic rings. The molecule has 0 radical (unpaired) electrons. The molecule has 4 nitrogen and oxygen atoms in total. The Balaban J connectivity index is 2.03. The van der Waals surface area contributed by atoms with Crippen LogP contribution in [0.25, 0.3) is 0 Å². The molecule has 0 aliphatic heterocycles. The zero-order valence-electron chi connectivity index (χ0n) is 9.11. The largest absolute Gasteiger partial charge is 0.473 e. The van der Waals surface area contributed by atoms with Gasteiger partial charge in [0.05, 0.1) is 12.4 Å². The van der Waals surface area contributed by atoms with Crippen LogP contribution < -0.4 is 0 Å². The highest BCUT2D eigenvalue weighted by Crippen LogP contribution is 2.27. The minimum atomic E-state index is 0.0816. The van der Waals surface area contributed by atoms with E-state index in [0.717, 1.165) is 19.3 Å². The quantitative estimate of drug-likeness (QED) is 0.281. The molecule has 0 aromatic rings. The zero-order valence-corrected chi connectivity index (χ0v) is 9.11. The van der Waals surface area contributed by atoms with Crippen molar-refractivity contribution in [1.82, 2.24) is 0 Å². The molecule has 1 fully saturated rings. The number of carbonyl (C=O) groups is 1. The Labute approximate surface area is 90.2 Å². The Morgan fingerprint density at radius 1 is 1.53 bits per heavy atom. The number of allylic oxidation sites excluding steroid dienone is 1. The monoisotopic (exact) mass is 214 g/mol. The van der Waals surface area contributed by atoms with Crippen LogP contribution in [0.2, 0.25) is 0 Å². The highest BCUT2D eigenvalue weighted by molar-refractivity contribution is 5.37. The van der Waals surface area contributed by atoms with Crippen LogP contribution in [0, 0.1) is 5.92 Å². The summed E-state index contributed by atoms with van der Waals surface area (Å²) in [4.78, 5) is 10.1. The second-order valence-electron chi connectivity index (χ2n) is 3.87. The standard InChI is InChI=1S/C11H18O4/c1-9(2)15-8-13-6-10-3-4-11(5-10)14-7-12/h7,10-11H,1,3-6,8H2,2H3. The number of hydrogen-bond donors (Lipinski definition) is 0.